The topological polar surface area (TPSA) is 68.5 Å². The highest BCUT2D eigenvalue weighted by atomic mass is 35.5. The van der Waals surface area contributed by atoms with Crippen LogP contribution >= 0.6 is 11.6 Å². The molecule has 0 spiro atoms. The van der Waals surface area contributed by atoms with Crippen LogP contribution in [0, 0.1) is 5.82 Å². The summed E-state index contributed by atoms with van der Waals surface area (Å²) in [5, 5.41) is 3.32. The van der Waals surface area contributed by atoms with Crippen molar-refractivity contribution in [3.63, 3.8) is 0 Å². The van der Waals surface area contributed by atoms with E-state index in [2.05, 4.69) is 5.32 Å². The molecule has 0 unspecified atom stereocenters. The molecule has 27 heavy (non-hydrogen) atoms. The van der Waals surface area contributed by atoms with Gasteiger partial charge in [-0.3, -0.25) is 4.79 Å². The number of fused-ring (bicyclic) bond motifs is 1. The molecule has 0 saturated heterocycles. The molecule has 3 aromatic rings. The third kappa shape index (κ3) is 4.65. The van der Waals surface area contributed by atoms with E-state index in [1.54, 1.807) is 18.2 Å². The molecular formula is C20H17ClFNO4. The molecule has 0 aliphatic rings. The van der Waals surface area contributed by atoms with Crippen molar-refractivity contribution in [2.75, 3.05) is 11.9 Å². The van der Waals surface area contributed by atoms with Crippen molar-refractivity contribution in [2.45, 2.75) is 19.8 Å². The average molecular weight is 390 g/mol. The largest absolute Gasteiger partial charge is 0.484 e. The number of hydrogen-bond donors (Lipinski definition) is 1. The highest BCUT2D eigenvalue weighted by Gasteiger charge is 2.09. The van der Waals surface area contributed by atoms with Crippen LogP contribution in [-0.4, -0.2) is 12.5 Å². The van der Waals surface area contributed by atoms with Crippen molar-refractivity contribution in [3.05, 3.63) is 69.3 Å². The van der Waals surface area contributed by atoms with Crippen LogP contribution in [-0.2, 0) is 11.2 Å². The zero-order valence-electron chi connectivity index (χ0n) is 14.6. The Morgan fingerprint density at radius 1 is 1.22 bits per heavy atom. The Labute approximate surface area is 159 Å². The maximum Gasteiger partial charge on any atom is 0.336 e. The molecular weight excluding hydrogens is 373 g/mol. The SMILES string of the molecule is CCCc1cc(=O)oc2cc(OCC(=O)Nc3ccc(F)c(Cl)c3)ccc12. The van der Waals surface area contributed by atoms with Crippen molar-refractivity contribution in [1.82, 2.24) is 0 Å². The van der Waals surface area contributed by atoms with E-state index in [9.17, 15) is 14.0 Å². The number of amides is 1. The molecule has 1 aromatic heterocycles. The van der Waals surface area contributed by atoms with Crippen molar-refractivity contribution in [2.24, 2.45) is 0 Å². The molecule has 1 heterocycles. The molecule has 0 radical (unpaired) electrons. The van der Waals surface area contributed by atoms with Crippen molar-refractivity contribution in [3.8, 4) is 5.75 Å². The quantitative estimate of drug-likeness (QED) is 0.628. The van der Waals surface area contributed by atoms with Gasteiger partial charge in [-0.1, -0.05) is 24.9 Å². The lowest BCUT2D eigenvalue weighted by Crippen LogP contribution is -2.20. The first-order valence-corrected chi connectivity index (χ1v) is 8.78. The number of nitrogens with one attached hydrogen (secondary N) is 1. The van der Waals surface area contributed by atoms with Crippen LogP contribution in [0.3, 0.4) is 0 Å². The summed E-state index contributed by atoms with van der Waals surface area (Å²) in [4.78, 5) is 23.7. The molecule has 1 N–H and O–H groups in total. The lowest BCUT2D eigenvalue weighted by atomic mass is 10.1. The van der Waals surface area contributed by atoms with Crippen LogP contribution in [0.2, 0.25) is 5.02 Å². The summed E-state index contributed by atoms with van der Waals surface area (Å²) in [5.74, 6) is -0.600. The van der Waals surface area contributed by atoms with Crippen LogP contribution in [0.4, 0.5) is 10.1 Å². The molecule has 0 bridgehead atoms. The van der Waals surface area contributed by atoms with Crippen LogP contribution in [0.15, 0.2) is 51.7 Å². The van der Waals surface area contributed by atoms with Gasteiger partial charge in [0, 0.05) is 23.2 Å². The van der Waals surface area contributed by atoms with Gasteiger partial charge in [0.05, 0.1) is 5.02 Å². The third-order valence-electron chi connectivity index (χ3n) is 3.89. The summed E-state index contributed by atoms with van der Waals surface area (Å²) in [6.45, 7) is 1.77. The predicted molar refractivity (Wildman–Crippen MR) is 102 cm³/mol. The van der Waals surface area contributed by atoms with Gasteiger partial charge in [0.2, 0.25) is 0 Å². The van der Waals surface area contributed by atoms with E-state index < -0.39 is 17.3 Å². The van der Waals surface area contributed by atoms with E-state index in [1.807, 2.05) is 6.92 Å². The summed E-state index contributed by atoms with van der Waals surface area (Å²) in [7, 11) is 0. The van der Waals surface area contributed by atoms with Crippen LogP contribution in [0.5, 0.6) is 5.75 Å². The number of hydrogen-bond acceptors (Lipinski definition) is 4. The Kier molecular flexibility index (Phi) is 5.76. The van der Waals surface area contributed by atoms with Crippen molar-refractivity contribution < 1.29 is 18.3 Å². The van der Waals surface area contributed by atoms with E-state index in [1.165, 1.54) is 18.2 Å². The number of rotatable bonds is 6. The first-order valence-electron chi connectivity index (χ1n) is 8.40. The van der Waals surface area contributed by atoms with Gasteiger partial charge in [-0.2, -0.15) is 0 Å². The van der Waals surface area contributed by atoms with Gasteiger partial charge < -0.3 is 14.5 Å². The lowest BCUT2D eigenvalue weighted by molar-refractivity contribution is -0.118. The minimum Gasteiger partial charge on any atom is -0.484 e. The minimum atomic E-state index is -0.564. The monoisotopic (exact) mass is 389 g/mol. The summed E-state index contributed by atoms with van der Waals surface area (Å²) in [5.41, 5.74) is 1.27. The number of anilines is 1. The fourth-order valence-electron chi connectivity index (χ4n) is 2.70. The number of halogens is 2. The number of ether oxygens (including phenoxy) is 1. The number of benzene rings is 2. The van der Waals surface area contributed by atoms with Crippen molar-refractivity contribution >= 4 is 34.2 Å². The van der Waals surface area contributed by atoms with E-state index in [0.717, 1.165) is 29.9 Å². The molecule has 3 rings (SSSR count). The highest BCUT2D eigenvalue weighted by molar-refractivity contribution is 6.31. The fraction of sp³-hybridized carbons (Fsp3) is 0.200. The van der Waals surface area contributed by atoms with Crippen molar-refractivity contribution in [1.29, 1.82) is 0 Å². The third-order valence-corrected chi connectivity index (χ3v) is 4.18. The van der Waals surface area contributed by atoms with E-state index in [-0.39, 0.29) is 11.6 Å². The molecule has 5 nitrogen and oxygen atoms in total. The molecule has 0 saturated carbocycles. The first kappa shape index (κ1) is 18.9. The second-order valence-electron chi connectivity index (χ2n) is 5.96. The average Bonchev–Trinajstić information content (AvgIpc) is 2.63. The molecule has 0 aliphatic heterocycles. The van der Waals surface area contributed by atoms with E-state index in [4.69, 9.17) is 20.8 Å². The zero-order chi connectivity index (χ0) is 19.4. The van der Waals surface area contributed by atoms with Gasteiger partial charge in [0.15, 0.2) is 6.61 Å². The van der Waals surface area contributed by atoms with Crippen LogP contribution < -0.4 is 15.7 Å². The van der Waals surface area contributed by atoms with Gasteiger partial charge in [-0.25, -0.2) is 9.18 Å². The Morgan fingerprint density at radius 2 is 2.04 bits per heavy atom. The minimum absolute atomic E-state index is 0.0823. The maximum atomic E-state index is 13.1. The van der Waals surface area contributed by atoms with Crippen LogP contribution in [0.25, 0.3) is 11.0 Å². The second kappa shape index (κ2) is 8.22. The number of carbonyl (C=O) groups is 1. The normalized spacial score (nSPS) is 10.8. The van der Waals surface area contributed by atoms with Gasteiger partial charge in [-0.05, 0) is 42.3 Å². The van der Waals surface area contributed by atoms with E-state index >= 15 is 0 Å². The molecule has 1 amide bonds. The molecule has 2 aromatic carbocycles. The smallest absolute Gasteiger partial charge is 0.336 e. The van der Waals surface area contributed by atoms with Gasteiger partial charge in [-0.15, -0.1) is 0 Å². The van der Waals surface area contributed by atoms with E-state index in [0.29, 0.717) is 17.0 Å². The number of carbonyl (C=O) groups excluding carboxylic acids is 1. The molecule has 0 fully saturated rings. The molecule has 0 atom stereocenters. The molecule has 0 aliphatic carbocycles. The van der Waals surface area contributed by atoms with Gasteiger partial charge >= 0.3 is 5.63 Å². The second-order valence-corrected chi connectivity index (χ2v) is 6.37. The summed E-state index contributed by atoms with van der Waals surface area (Å²) < 4.78 is 23.8. The highest BCUT2D eigenvalue weighted by Crippen LogP contribution is 2.24. The predicted octanol–water partition coefficient (Wildman–Crippen LogP) is 4.56. The Bertz CT molecular complexity index is 1050. The summed E-state index contributed by atoms with van der Waals surface area (Å²) >= 11 is 5.68. The molecule has 140 valence electrons. The van der Waals surface area contributed by atoms with Gasteiger partial charge in [0.25, 0.3) is 5.91 Å². The van der Waals surface area contributed by atoms with Crippen LogP contribution in [0.1, 0.15) is 18.9 Å². The Hall–Kier alpha value is -2.86. The maximum absolute atomic E-state index is 13.1. The standard InChI is InChI=1S/C20H17ClFNO4/c1-2-3-12-8-20(25)27-18-10-14(5-6-15(12)18)26-11-19(24)23-13-4-7-17(22)16(21)9-13/h4-10H,2-3,11H2,1H3,(H,23,24). The fourth-order valence-corrected chi connectivity index (χ4v) is 2.88. The summed E-state index contributed by atoms with van der Waals surface area (Å²) in [6.07, 6.45) is 1.68. The Morgan fingerprint density at radius 3 is 2.78 bits per heavy atom. The summed E-state index contributed by atoms with van der Waals surface area (Å²) in [6, 6.07) is 10.5. The number of aryl methyl sites for hydroxylation is 1. The lowest BCUT2D eigenvalue weighted by Gasteiger charge is -2.09. The first-order chi connectivity index (χ1) is 13.0. The zero-order valence-corrected chi connectivity index (χ0v) is 15.3. The van der Waals surface area contributed by atoms with Gasteiger partial charge in [0.1, 0.15) is 17.1 Å². The molecule has 7 heteroatoms. The Balaban J connectivity index is 1.70.